The second-order valence-electron chi connectivity index (χ2n) is 10.2. The highest BCUT2D eigenvalue weighted by atomic mass is 16.6. The number of nitrogens with one attached hydrogen (secondary N) is 2. The third-order valence-corrected chi connectivity index (χ3v) is 4.31. The highest BCUT2D eigenvalue weighted by molar-refractivity contribution is 5.90. The average Bonchev–Trinajstić information content (AvgIpc) is 2.56. The molecule has 31 heavy (non-hydrogen) atoms. The van der Waals surface area contributed by atoms with Crippen LogP contribution in [0.15, 0.2) is 11.6 Å². The number of hydrogen-bond acceptors (Lipinski definition) is 6. The number of ether oxygens (including phenoxy) is 2. The van der Waals surface area contributed by atoms with Crippen molar-refractivity contribution in [3.63, 3.8) is 0 Å². The maximum Gasteiger partial charge on any atom is 0.408 e. The van der Waals surface area contributed by atoms with E-state index in [2.05, 4.69) is 10.6 Å². The number of carbonyl (C=O) groups is 3. The number of allylic oxidation sites excluding steroid dienone is 1. The summed E-state index contributed by atoms with van der Waals surface area (Å²) in [5, 5.41) is 15.0. The first-order valence-corrected chi connectivity index (χ1v) is 10.8. The maximum absolute atomic E-state index is 13.2. The van der Waals surface area contributed by atoms with Crippen LogP contribution in [0.4, 0.5) is 4.79 Å². The number of rotatable bonds is 9. The highest BCUT2D eigenvalue weighted by Gasteiger charge is 2.34. The Balaban J connectivity index is 5.76. The fourth-order valence-corrected chi connectivity index (χ4v) is 2.88. The normalized spacial score (nSPS) is 15.7. The van der Waals surface area contributed by atoms with Crippen LogP contribution >= 0.6 is 0 Å². The van der Waals surface area contributed by atoms with Gasteiger partial charge >= 0.3 is 12.1 Å². The Bertz CT molecular complexity index is 643. The Hall–Kier alpha value is -2.09. The molecule has 8 nitrogen and oxygen atoms in total. The van der Waals surface area contributed by atoms with Crippen molar-refractivity contribution in [1.82, 2.24) is 10.6 Å². The minimum Gasteiger partial charge on any atom is -0.458 e. The molecule has 0 saturated heterocycles. The number of amides is 2. The number of carbonyl (C=O) groups excluding carboxylic acids is 3. The molecule has 0 spiro atoms. The third kappa shape index (κ3) is 11.8. The minimum absolute atomic E-state index is 0.121. The Kier molecular flexibility index (Phi) is 11.3. The van der Waals surface area contributed by atoms with Crippen molar-refractivity contribution in [1.29, 1.82) is 0 Å². The lowest BCUT2D eigenvalue weighted by molar-refractivity contribution is -0.159. The highest BCUT2D eigenvalue weighted by Crippen LogP contribution is 2.18. The van der Waals surface area contributed by atoms with Crippen molar-refractivity contribution in [3.8, 4) is 0 Å². The molecule has 0 heterocycles. The number of esters is 1. The van der Waals surface area contributed by atoms with Gasteiger partial charge in [-0.1, -0.05) is 26.8 Å². The molecule has 8 heteroatoms. The quantitative estimate of drug-likeness (QED) is 0.373. The van der Waals surface area contributed by atoms with E-state index in [1.54, 1.807) is 61.5 Å². The lowest BCUT2D eigenvalue weighted by Crippen LogP contribution is -2.56. The van der Waals surface area contributed by atoms with E-state index >= 15 is 0 Å². The number of hydrogen-bond donors (Lipinski definition) is 3. The molecule has 0 bridgehead atoms. The van der Waals surface area contributed by atoms with Crippen LogP contribution < -0.4 is 10.6 Å². The summed E-state index contributed by atoms with van der Waals surface area (Å²) in [7, 11) is 0. The summed E-state index contributed by atoms with van der Waals surface area (Å²) in [5.74, 6) is -1.49. The fourth-order valence-electron chi connectivity index (χ4n) is 2.88. The first kappa shape index (κ1) is 28.9. The van der Waals surface area contributed by atoms with E-state index in [0.717, 1.165) is 0 Å². The van der Waals surface area contributed by atoms with Gasteiger partial charge in [-0.3, -0.25) is 4.79 Å². The summed E-state index contributed by atoms with van der Waals surface area (Å²) in [6, 6.07) is -1.92. The molecular formula is C23H42N2O6. The molecule has 0 aliphatic rings. The van der Waals surface area contributed by atoms with Gasteiger partial charge in [-0.15, -0.1) is 0 Å². The smallest absolute Gasteiger partial charge is 0.408 e. The number of aliphatic hydroxyl groups excluding tert-OH is 1. The van der Waals surface area contributed by atoms with Crippen LogP contribution in [0.2, 0.25) is 0 Å². The van der Waals surface area contributed by atoms with E-state index in [9.17, 15) is 19.5 Å². The SMILES string of the molecule is C/C=C(\CO)[C@@H](C)[C@@H](NC(=O)OC(C)(C)C)C(=O)N[C@@H](CC(C)C)C(=O)OC(C)(C)C. The van der Waals surface area contributed by atoms with Gasteiger partial charge in [-0.05, 0) is 66.4 Å². The van der Waals surface area contributed by atoms with E-state index in [0.29, 0.717) is 12.0 Å². The average molecular weight is 443 g/mol. The van der Waals surface area contributed by atoms with Crippen LogP contribution in [0.5, 0.6) is 0 Å². The van der Waals surface area contributed by atoms with Crippen LogP contribution in [0.3, 0.4) is 0 Å². The van der Waals surface area contributed by atoms with Gasteiger partial charge in [-0.2, -0.15) is 0 Å². The zero-order valence-electron chi connectivity index (χ0n) is 20.8. The van der Waals surface area contributed by atoms with Gasteiger partial charge in [0.1, 0.15) is 23.3 Å². The first-order chi connectivity index (χ1) is 14.0. The van der Waals surface area contributed by atoms with E-state index in [1.165, 1.54) is 0 Å². The maximum atomic E-state index is 13.2. The van der Waals surface area contributed by atoms with Crippen molar-refractivity contribution in [2.75, 3.05) is 6.61 Å². The molecule has 0 aliphatic heterocycles. The molecule has 180 valence electrons. The van der Waals surface area contributed by atoms with Crippen LogP contribution in [0.25, 0.3) is 0 Å². The van der Waals surface area contributed by atoms with E-state index < -0.39 is 47.2 Å². The standard InChI is InChI=1S/C23H42N2O6/c1-11-16(13-26)15(4)18(25-21(29)31-23(8,9)10)19(27)24-17(12-14(2)3)20(28)30-22(5,6)7/h11,14-15,17-18,26H,12-13H2,1-10H3,(H,24,27)(H,25,29)/b16-11+/t15-,17+,18-/m1/s1. The molecule has 0 rings (SSSR count). The van der Waals surface area contributed by atoms with Crippen molar-refractivity contribution >= 4 is 18.0 Å². The lowest BCUT2D eigenvalue weighted by Gasteiger charge is -2.30. The van der Waals surface area contributed by atoms with Gasteiger partial charge in [0.2, 0.25) is 5.91 Å². The molecule has 0 saturated carbocycles. The lowest BCUT2D eigenvalue weighted by atomic mass is 9.92. The van der Waals surface area contributed by atoms with Crippen LogP contribution in [-0.2, 0) is 19.1 Å². The number of aliphatic hydroxyl groups is 1. The zero-order valence-corrected chi connectivity index (χ0v) is 20.8. The van der Waals surface area contributed by atoms with E-state index in [-0.39, 0.29) is 12.5 Å². The summed E-state index contributed by atoms with van der Waals surface area (Å²) in [5.41, 5.74) is -0.868. The molecule has 0 unspecified atom stereocenters. The second kappa shape index (κ2) is 12.1. The van der Waals surface area contributed by atoms with Crippen molar-refractivity contribution < 1.29 is 29.0 Å². The molecule has 0 aromatic carbocycles. The first-order valence-electron chi connectivity index (χ1n) is 10.8. The summed E-state index contributed by atoms with van der Waals surface area (Å²) in [6.45, 7) is 17.5. The second-order valence-corrected chi connectivity index (χ2v) is 10.2. The minimum atomic E-state index is -1.05. The van der Waals surface area contributed by atoms with E-state index in [4.69, 9.17) is 9.47 Å². The molecule has 0 aromatic heterocycles. The van der Waals surface area contributed by atoms with Crippen molar-refractivity contribution in [3.05, 3.63) is 11.6 Å². The van der Waals surface area contributed by atoms with Gasteiger partial charge in [0.15, 0.2) is 0 Å². The molecule has 0 fully saturated rings. The summed E-state index contributed by atoms with van der Waals surface area (Å²) >= 11 is 0. The largest absolute Gasteiger partial charge is 0.458 e. The van der Waals surface area contributed by atoms with Crippen molar-refractivity contribution in [2.45, 2.75) is 98.9 Å². The third-order valence-electron chi connectivity index (χ3n) is 4.31. The monoisotopic (exact) mass is 442 g/mol. The molecular weight excluding hydrogens is 400 g/mol. The van der Waals surface area contributed by atoms with Crippen molar-refractivity contribution in [2.24, 2.45) is 11.8 Å². The Morgan fingerprint density at radius 2 is 1.45 bits per heavy atom. The van der Waals surface area contributed by atoms with Gasteiger partial charge in [-0.25, -0.2) is 9.59 Å². The summed E-state index contributed by atoms with van der Waals surface area (Å²) < 4.78 is 10.8. The van der Waals surface area contributed by atoms with Crippen LogP contribution in [0.1, 0.15) is 75.7 Å². The fraction of sp³-hybridized carbons (Fsp3) is 0.783. The molecule has 0 aromatic rings. The summed E-state index contributed by atoms with van der Waals surface area (Å²) in [4.78, 5) is 38.2. The zero-order chi connectivity index (χ0) is 24.6. The molecule has 3 N–H and O–H groups in total. The Labute approximate surface area is 187 Å². The topological polar surface area (TPSA) is 114 Å². The van der Waals surface area contributed by atoms with Crippen LogP contribution in [0, 0.1) is 11.8 Å². The van der Waals surface area contributed by atoms with Gasteiger partial charge in [0.05, 0.1) is 6.61 Å². The molecule has 2 amide bonds. The van der Waals surface area contributed by atoms with Gasteiger partial charge in [0.25, 0.3) is 0 Å². The molecule has 3 atom stereocenters. The molecule has 0 aliphatic carbocycles. The predicted molar refractivity (Wildman–Crippen MR) is 120 cm³/mol. The van der Waals surface area contributed by atoms with Gasteiger partial charge < -0.3 is 25.2 Å². The summed E-state index contributed by atoms with van der Waals surface area (Å²) in [6.07, 6.45) is 1.32. The number of alkyl carbamates (subject to hydrolysis) is 1. The Morgan fingerprint density at radius 3 is 1.84 bits per heavy atom. The van der Waals surface area contributed by atoms with E-state index in [1.807, 2.05) is 13.8 Å². The van der Waals surface area contributed by atoms with Crippen LogP contribution in [-0.4, -0.2) is 53.0 Å². The van der Waals surface area contributed by atoms with Gasteiger partial charge in [0, 0.05) is 5.92 Å². The molecule has 0 radical (unpaired) electrons. The Morgan fingerprint density at radius 1 is 0.935 bits per heavy atom. The predicted octanol–water partition coefficient (Wildman–Crippen LogP) is 3.33.